The van der Waals surface area contributed by atoms with E-state index in [0.717, 1.165) is 15.9 Å². The van der Waals surface area contributed by atoms with Crippen molar-refractivity contribution in [2.45, 2.75) is 6.54 Å². The highest BCUT2D eigenvalue weighted by Gasteiger charge is 2.22. The van der Waals surface area contributed by atoms with Gasteiger partial charge in [0.1, 0.15) is 0 Å². The number of benzene rings is 2. The predicted octanol–water partition coefficient (Wildman–Crippen LogP) is 4.42. The van der Waals surface area contributed by atoms with Crippen molar-refractivity contribution in [1.29, 1.82) is 0 Å². The van der Waals surface area contributed by atoms with Crippen LogP contribution < -0.4 is 14.4 Å². The molecule has 1 aliphatic heterocycles. The Hall–Kier alpha value is -2.86. The summed E-state index contributed by atoms with van der Waals surface area (Å²) in [5.74, 6) is 1.11. The van der Waals surface area contributed by atoms with Crippen molar-refractivity contribution >= 4 is 27.5 Å². The maximum atomic E-state index is 13.2. The number of nitrogens with zero attached hydrogens (tertiary/aromatic N) is 2. The molecule has 0 aliphatic carbocycles. The number of aromatic nitrogens is 1. The van der Waals surface area contributed by atoms with Gasteiger partial charge in [-0.2, -0.15) is 0 Å². The number of carbonyl (C=O) groups is 1. The quantitative estimate of drug-likeness (QED) is 0.638. The molecule has 5 nitrogen and oxygen atoms in total. The molecule has 1 aliphatic rings. The van der Waals surface area contributed by atoms with Crippen molar-refractivity contribution in [3.05, 3.63) is 82.6 Å². The molecule has 0 fully saturated rings. The van der Waals surface area contributed by atoms with Crippen LogP contribution in [-0.2, 0) is 6.54 Å². The van der Waals surface area contributed by atoms with Crippen LogP contribution in [0, 0.1) is 0 Å². The van der Waals surface area contributed by atoms with E-state index in [1.165, 1.54) is 0 Å². The number of fused-ring (bicyclic) bond motifs is 1. The second kappa shape index (κ2) is 7.17. The topological polar surface area (TPSA) is 51.7 Å². The monoisotopic (exact) mass is 410 g/mol. The van der Waals surface area contributed by atoms with Gasteiger partial charge in [0, 0.05) is 21.9 Å². The number of pyridine rings is 1. The first-order valence-electron chi connectivity index (χ1n) is 8.08. The molecule has 26 heavy (non-hydrogen) atoms. The SMILES string of the molecule is O=C(c1ccc2c(c1)OCO2)N(Cc1ccccn1)c1ccc(Br)cc1. The molecular formula is C20H15BrN2O3. The van der Waals surface area contributed by atoms with Gasteiger partial charge in [-0.3, -0.25) is 9.78 Å². The minimum Gasteiger partial charge on any atom is -0.454 e. The van der Waals surface area contributed by atoms with E-state index in [-0.39, 0.29) is 12.7 Å². The van der Waals surface area contributed by atoms with Crippen molar-refractivity contribution in [1.82, 2.24) is 4.98 Å². The summed E-state index contributed by atoms with van der Waals surface area (Å²) in [6.45, 7) is 0.549. The fraction of sp³-hybridized carbons (Fsp3) is 0.100. The fourth-order valence-corrected chi connectivity index (χ4v) is 3.00. The third-order valence-electron chi connectivity index (χ3n) is 4.05. The molecule has 4 rings (SSSR count). The molecule has 0 atom stereocenters. The van der Waals surface area contributed by atoms with Crippen LogP contribution in [0.5, 0.6) is 11.5 Å². The molecule has 6 heteroatoms. The number of hydrogen-bond acceptors (Lipinski definition) is 4. The summed E-state index contributed by atoms with van der Waals surface area (Å²) in [6.07, 6.45) is 1.72. The molecule has 2 aromatic carbocycles. The van der Waals surface area contributed by atoms with Crippen LogP contribution in [0.25, 0.3) is 0 Å². The first-order valence-corrected chi connectivity index (χ1v) is 8.87. The van der Waals surface area contributed by atoms with E-state index >= 15 is 0 Å². The van der Waals surface area contributed by atoms with E-state index < -0.39 is 0 Å². The van der Waals surface area contributed by atoms with Crippen LogP contribution in [0.2, 0.25) is 0 Å². The van der Waals surface area contributed by atoms with E-state index in [0.29, 0.717) is 23.6 Å². The van der Waals surface area contributed by atoms with Gasteiger partial charge in [0.25, 0.3) is 5.91 Å². The first-order chi connectivity index (χ1) is 12.7. The van der Waals surface area contributed by atoms with Gasteiger partial charge in [-0.25, -0.2) is 0 Å². The van der Waals surface area contributed by atoms with Gasteiger partial charge >= 0.3 is 0 Å². The Morgan fingerprint density at radius 2 is 1.85 bits per heavy atom. The Morgan fingerprint density at radius 3 is 2.62 bits per heavy atom. The van der Waals surface area contributed by atoms with Crippen LogP contribution in [-0.4, -0.2) is 17.7 Å². The lowest BCUT2D eigenvalue weighted by Crippen LogP contribution is -2.30. The average molecular weight is 411 g/mol. The Balaban J connectivity index is 1.69. The van der Waals surface area contributed by atoms with Gasteiger partial charge in [0.15, 0.2) is 11.5 Å². The number of amides is 1. The summed E-state index contributed by atoms with van der Waals surface area (Å²) in [6, 6.07) is 18.5. The summed E-state index contributed by atoms with van der Waals surface area (Å²) in [5.41, 5.74) is 2.14. The Kier molecular flexibility index (Phi) is 4.58. The van der Waals surface area contributed by atoms with Crippen molar-refractivity contribution in [3.63, 3.8) is 0 Å². The smallest absolute Gasteiger partial charge is 0.258 e. The molecule has 3 aromatic rings. The molecule has 0 N–H and O–H groups in total. The van der Waals surface area contributed by atoms with E-state index in [9.17, 15) is 4.79 Å². The van der Waals surface area contributed by atoms with E-state index in [1.54, 1.807) is 29.3 Å². The molecule has 0 saturated carbocycles. The summed E-state index contributed by atoms with van der Waals surface area (Å²) < 4.78 is 11.7. The molecule has 0 unspecified atom stereocenters. The van der Waals surface area contributed by atoms with E-state index in [4.69, 9.17) is 9.47 Å². The van der Waals surface area contributed by atoms with Crippen molar-refractivity contribution < 1.29 is 14.3 Å². The van der Waals surface area contributed by atoms with Crippen LogP contribution in [0.4, 0.5) is 5.69 Å². The lowest BCUT2D eigenvalue weighted by molar-refractivity contribution is 0.0984. The maximum Gasteiger partial charge on any atom is 0.258 e. The Labute approximate surface area is 159 Å². The predicted molar refractivity (Wildman–Crippen MR) is 101 cm³/mol. The minimum atomic E-state index is -0.128. The average Bonchev–Trinajstić information content (AvgIpc) is 3.15. The number of hydrogen-bond donors (Lipinski definition) is 0. The Bertz CT molecular complexity index is 930. The normalized spacial score (nSPS) is 12.0. The molecule has 0 saturated heterocycles. The van der Waals surface area contributed by atoms with Crippen LogP contribution in [0.1, 0.15) is 16.1 Å². The third kappa shape index (κ3) is 3.41. The van der Waals surface area contributed by atoms with Gasteiger partial charge in [-0.15, -0.1) is 0 Å². The molecule has 0 radical (unpaired) electrons. The Morgan fingerprint density at radius 1 is 1.04 bits per heavy atom. The molecule has 0 spiro atoms. The highest BCUT2D eigenvalue weighted by molar-refractivity contribution is 9.10. The van der Waals surface area contributed by atoms with Crippen molar-refractivity contribution in [2.75, 3.05) is 11.7 Å². The standard InChI is InChI=1S/C20H15BrN2O3/c21-15-5-7-17(8-6-15)23(12-16-3-1-2-10-22-16)20(24)14-4-9-18-19(11-14)26-13-25-18/h1-11H,12-13H2. The molecule has 1 aromatic heterocycles. The lowest BCUT2D eigenvalue weighted by atomic mass is 10.1. The zero-order valence-corrected chi connectivity index (χ0v) is 15.3. The molecular weight excluding hydrogens is 396 g/mol. The zero-order chi connectivity index (χ0) is 17.9. The second-order valence-corrected chi connectivity index (χ2v) is 6.67. The van der Waals surface area contributed by atoms with Gasteiger partial charge in [0.2, 0.25) is 6.79 Å². The highest BCUT2D eigenvalue weighted by atomic mass is 79.9. The largest absolute Gasteiger partial charge is 0.454 e. The number of carbonyl (C=O) groups excluding carboxylic acids is 1. The fourth-order valence-electron chi connectivity index (χ4n) is 2.74. The number of ether oxygens (including phenoxy) is 2. The second-order valence-electron chi connectivity index (χ2n) is 5.76. The van der Waals surface area contributed by atoms with Gasteiger partial charge in [-0.1, -0.05) is 22.0 Å². The molecule has 2 heterocycles. The summed E-state index contributed by atoms with van der Waals surface area (Å²) in [4.78, 5) is 19.3. The third-order valence-corrected chi connectivity index (χ3v) is 4.58. The van der Waals surface area contributed by atoms with Crippen molar-refractivity contribution in [3.8, 4) is 11.5 Å². The molecule has 0 bridgehead atoms. The first kappa shape index (κ1) is 16.6. The van der Waals surface area contributed by atoms with Gasteiger partial charge in [-0.05, 0) is 54.6 Å². The number of rotatable bonds is 4. The van der Waals surface area contributed by atoms with Crippen LogP contribution in [0.3, 0.4) is 0 Å². The lowest BCUT2D eigenvalue weighted by Gasteiger charge is -2.23. The number of halogens is 1. The minimum absolute atomic E-state index is 0.128. The summed E-state index contributed by atoms with van der Waals surface area (Å²) >= 11 is 3.43. The number of anilines is 1. The van der Waals surface area contributed by atoms with Gasteiger partial charge < -0.3 is 14.4 Å². The van der Waals surface area contributed by atoms with E-state index in [2.05, 4.69) is 20.9 Å². The zero-order valence-electron chi connectivity index (χ0n) is 13.8. The summed E-state index contributed by atoms with van der Waals surface area (Å²) in [5, 5.41) is 0. The molecule has 1 amide bonds. The highest BCUT2D eigenvalue weighted by Crippen LogP contribution is 2.33. The molecule has 130 valence electrons. The van der Waals surface area contributed by atoms with Crippen molar-refractivity contribution in [2.24, 2.45) is 0 Å². The summed E-state index contributed by atoms with van der Waals surface area (Å²) in [7, 11) is 0. The van der Waals surface area contributed by atoms with Crippen LogP contribution >= 0.6 is 15.9 Å². The maximum absolute atomic E-state index is 13.2. The van der Waals surface area contributed by atoms with Gasteiger partial charge in [0.05, 0.1) is 12.2 Å². The van der Waals surface area contributed by atoms with Crippen LogP contribution in [0.15, 0.2) is 71.3 Å². The van der Waals surface area contributed by atoms with E-state index in [1.807, 2.05) is 42.5 Å².